The summed E-state index contributed by atoms with van der Waals surface area (Å²) in [6.45, 7) is 1.58. The molecule has 0 aliphatic heterocycles. The highest BCUT2D eigenvalue weighted by Crippen LogP contribution is 2.42. The number of fused-ring (bicyclic) bond motifs is 1. The van der Waals surface area contributed by atoms with Gasteiger partial charge >= 0.3 is 7.82 Å². The Bertz CT molecular complexity index is 1110. The molecule has 2 aromatic carbocycles. The lowest BCUT2D eigenvalue weighted by Gasteiger charge is -2.12. The molecule has 10 heteroatoms. The molecular formula is C16H11Br2O7P. The Morgan fingerprint density at radius 1 is 1.15 bits per heavy atom. The van der Waals surface area contributed by atoms with Gasteiger partial charge in [-0.2, -0.15) is 0 Å². The van der Waals surface area contributed by atoms with E-state index in [1.54, 1.807) is 19.1 Å². The van der Waals surface area contributed by atoms with E-state index in [1.165, 1.54) is 18.2 Å². The number of hydrogen-bond donors (Lipinski definition) is 3. The van der Waals surface area contributed by atoms with Crippen LogP contribution in [0.1, 0.15) is 5.56 Å². The molecule has 0 unspecified atom stereocenters. The van der Waals surface area contributed by atoms with E-state index >= 15 is 0 Å². The standard InChI is InChI=1S/C16H11Br2O7P/c1-7-13(19)9-3-2-4-12(25-26(21,22)23)16(9)24-15(7)8-5-10(17)14(20)11(18)6-8/h2-6,20H,1H3,(H2,21,22,23). The zero-order chi connectivity index (χ0) is 19.2. The first-order valence-electron chi connectivity index (χ1n) is 7.08. The van der Waals surface area contributed by atoms with Crippen molar-refractivity contribution in [1.82, 2.24) is 0 Å². The summed E-state index contributed by atoms with van der Waals surface area (Å²) in [4.78, 5) is 30.8. The van der Waals surface area contributed by atoms with E-state index < -0.39 is 7.82 Å². The summed E-state index contributed by atoms with van der Waals surface area (Å²) in [6.07, 6.45) is 0. The predicted molar refractivity (Wildman–Crippen MR) is 102 cm³/mol. The molecule has 0 bridgehead atoms. The smallest absolute Gasteiger partial charge is 0.506 e. The number of para-hydroxylation sites is 1. The molecule has 0 aliphatic carbocycles. The van der Waals surface area contributed by atoms with Crippen molar-refractivity contribution in [2.75, 3.05) is 0 Å². The van der Waals surface area contributed by atoms with E-state index in [0.717, 1.165) is 0 Å². The van der Waals surface area contributed by atoms with Crippen LogP contribution in [0.2, 0.25) is 0 Å². The first-order chi connectivity index (χ1) is 12.1. The van der Waals surface area contributed by atoms with Crippen LogP contribution >= 0.6 is 39.7 Å². The Hall–Kier alpha value is -1.64. The Morgan fingerprint density at radius 3 is 2.35 bits per heavy atom. The predicted octanol–water partition coefficient (Wildman–Crippen LogP) is 4.47. The number of rotatable bonds is 3. The van der Waals surface area contributed by atoms with Gasteiger partial charge in [-0.1, -0.05) is 6.07 Å². The summed E-state index contributed by atoms with van der Waals surface area (Å²) in [5.41, 5.74) is 0.332. The molecule has 0 saturated carbocycles. The molecule has 0 amide bonds. The number of halogens is 2. The third kappa shape index (κ3) is 3.58. The second-order valence-electron chi connectivity index (χ2n) is 5.39. The molecule has 26 heavy (non-hydrogen) atoms. The fourth-order valence-corrected chi connectivity index (χ4v) is 4.04. The van der Waals surface area contributed by atoms with Crippen LogP contribution in [0, 0.1) is 6.92 Å². The lowest BCUT2D eigenvalue weighted by molar-refractivity contribution is 0.283. The van der Waals surface area contributed by atoms with Crippen LogP contribution in [-0.2, 0) is 4.57 Å². The van der Waals surface area contributed by atoms with Crippen LogP contribution in [0.3, 0.4) is 0 Å². The van der Waals surface area contributed by atoms with Crippen LogP contribution < -0.4 is 9.95 Å². The van der Waals surface area contributed by atoms with Crippen molar-refractivity contribution in [1.29, 1.82) is 0 Å². The molecule has 7 nitrogen and oxygen atoms in total. The maximum atomic E-state index is 12.7. The summed E-state index contributed by atoms with van der Waals surface area (Å²) in [7, 11) is -4.84. The lowest BCUT2D eigenvalue weighted by atomic mass is 10.1. The highest BCUT2D eigenvalue weighted by atomic mass is 79.9. The minimum absolute atomic E-state index is 0.0138. The molecule has 0 fully saturated rings. The maximum Gasteiger partial charge on any atom is 0.524 e. The molecule has 3 N–H and O–H groups in total. The quantitative estimate of drug-likeness (QED) is 0.449. The number of aromatic hydroxyl groups is 1. The first-order valence-corrected chi connectivity index (χ1v) is 10.2. The van der Waals surface area contributed by atoms with Crippen molar-refractivity contribution in [2.24, 2.45) is 0 Å². The third-order valence-corrected chi connectivity index (χ3v) is 5.25. The van der Waals surface area contributed by atoms with Gasteiger partial charge in [0.1, 0.15) is 11.5 Å². The monoisotopic (exact) mass is 504 g/mol. The molecular weight excluding hydrogens is 495 g/mol. The Kier molecular flexibility index (Phi) is 5.02. The number of phosphoric acid groups is 1. The molecule has 0 saturated heterocycles. The van der Waals surface area contributed by atoms with Gasteiger partial charge in [-0.3, -0.25) is 14.6 Å². The zero-order valence-corrected chi connectivity index (χ0v) is 17.1. The largest absolute Gasteiger partial charge is 0.524 e. The summed E-state index contributed by atoms with van der Waals surface area (Å²) >= 11 is 6.43. The van der Waals surface area contributed by atoms with Crippen molar-refractivity contribution < 1.29 is 28.4 Å². The molecule has 1 aromatic heterocycles. The van der Waals surface area contributed by atoms with E-state index in [-0.39, 0.29) is 33.7 Å². The van der Waals surface area contributed by atoms with Gasteiger partial charge in [0.2, 0.25) is 0 Å². The average molecular weight is 506 g/mol. The third-order valence-electron chi connectivity index (χ3n) is 3.61. The second-order valence-corrected chi connectivity index (χ2v) is 8.26. The normalized spacial score (nSPS) is 11.7. The van der Waals surface area contributed by atoms with Gasteiger partial charge in [0, 0.05) is 11.1 Å². The fraction of sp³-hybridized carbons (Fsp3) is 0.0625. The maximum absolute atomic E-state index is 12.7. The van der Waals surface area contributed by atoms with Crippen LogP contribution in [0.25, 0.3) is 22.3 Å². The summed E-state index contributed by atoms with van der Waals surface area (Å²) < 4.78 is 22.4. The molecule has 3 aromatic rings. The van der Waals surface area contributed by atoms with Crippen molar-refractivity contribution in [3.63, 3.8) is 0 Å². The number of benzene rings is 2. The summed E-state index contributed by atoms with van der Waals surface area (Å²) in [5, 5.41) is 9.99. The lowest BCUT2D eigenvalue weighted by Crippen LogP contribution is -2.08. The SMILES string of the molecule is Cc1c(-c2cc(Br)c(O)c(Br)c2)oc2c(OP(=O)(O)O)cccc2c1=O. The number of hydrogen-bond acceptors (Lipinski definition) is 5. The van der Waals surface area contributed by atoms with Crippen LogP contribution in [-0.4, -0.2) is 14.9 Å². The molecule has 3 rings (SSSR count). The number of phenolic OH excluding ortho intramolecular Hbond substituents is 1. The molecule has 0 radical (unpaired) electrons. The number of phosphoric ester groups is 1. The molecule has 0 atom stereocenters. The summed E-state index contributed by atoms with van der Waals surface area (Å²) in [5.74, 6) is -0.0724. The van der Waals surface area contributed by atoms with E-state index in [9.17, 15) is 14.5 Å². The van der Waals surface area contributed by atoms with E-state index in [1.807, 2.05) is 0 Å². The molecule has 1 heterocycles. The molecule has 0 spiro atoms. The van der Waals surface area contributed by atoms with Crippen molar-refractivity contribution in [2.45, 2.75) is 6.92 Å². The van der Waals surface area contributed by atoms with Gasteiger partial charge in [-0.25, -0.2) is 4.57 Å². The van der Waals surface area contributed by atoms with Gasteiger partial charge in [0.05, 0.1) is 14.3 Å². The Morgan fingerprint density at radius 2 is 1.77 bits per heavy atom. The van der Waals surface area contributed by atoms with E-state index in [2.05, 4.69) is 36.4 Å². The highest BCUT2D eigenvalue weighted by molar-refractivity contribution is 9.11. The van der Waals surface area contributed by atoms with E-state index in [0.29, 0.717) is 20.1 Å². The van der Waals surface area contributed by atoms with Gasteiger partial charge in [0.15, 0.2) is 16.8 Å². The molecule has 136 valence electrons. The van der Waals surface area contributed by atoms with Gasteiger partial charge in [0.25, 0.3) is 0 Å². The highest BCUT2D eigenvalue weighted by Gasteiger charge is 2.22. The number of phenols is 1. The molecule has 0 aliphatic rings. The second kappa shape index (κ2) is 6.83. The van der Waals surface area contributed by atoms with Gasteiger partial charge < -0.3 is 14.0 Å². The Labute approximate surface area is 163 Å². The van der Waals surface area contributed by atoms with Gasteiger partial charge in [-0.05, 0) is 63.0 Å². The fourth-order valence-electron chi connectivity index (χ4n) is 2.46. The van der Waals surface area contributed by atoms with Crippen LogP contribution in [0.4, 0.5) is 0 Å². The summed E-state index contributed by atoms with van der Waals surface area (Å²) in [6, 6.07) is 7.34. The van der Waals surface area contributed by atoms with E-state index in [4.69, 9.17) is 14.2 Å². The van der Waals surface area contributed by atoms with Crippen molar-refractivity contribution in [3.05, 3.63) is 55.1 Å². The van der Waals surface area contributed by atoms with Crippen LogP contribution in [0.15, 0.2) is 48.5 Å². The minimum Gasteiger partial charge on any atom is -0.506 e. The average Bonchev–Trinajstić information content (AvgIpc) is 2.54. The Balaban J connectivity index is 2.34. The van der Waals surface area contributed by atoms with Gasteiger partial charge in [-0.15, -0.1) is 0 Å². The van der Waals surface area contributed by atoms with Crippen LogP contribution in [0.5, 0.6) is 11.5 Å². The minimum atomic E-state index is -4.84. The topological polar surface area (TPSA) is 117 Å². The zero-order valence-electron chi connectivity index (χ0n) is 13.1. The first kappa shape index (κ1) is 19.1. The van der Waals surface area contributed by atoms with Crippen molar-refractivity contribution in [3.8, 4) is 22.8 Å². The van der Waals surface area contributed by atoms with Crippen molar-refractivity contribution >= 4 is 50.7 Å².